The van der Waals surface area contributed by atoms with Crippen LogP contribution in [0.3, 0.4) is 0 Å². The smallest absolute Gasteiger partial charge is 0.261 e. The average molecular weight is 271 g/mol. The van der Waals surface area contributed by atoms with Gasteiger partial charge in [0.25, 0.3) is 6.43 Å². The third-order valence-corrected chi connectivity index (χ3v) is 3.12. The van der Waals surface area contributed by atoms with Gasteiger partial charge in [-0.3, -0.25) is 0 Å². The van der Waals surface area contributed by atoms with Crippen LogP contribution in [0.2, 0.25) is 0 Å². The molecule has 1 aromatic heterocycles. The molecule has 2 rings (SSSR count). The number of nitrogens with one attached hydrogen (secondary N) is 1. The Morgan fingerprint density at radius 2 is 2.21 bits per heavy atom. The lowest BCUT2D eigenvalue weighted by atomic mass is 10.0. The number of fused-ring (bicyclic) bond motifs is 1. The molecule has 2 heterocycles. The van der Waals surface area contributed by atoms with Gasteiger partial charge in [0.15, 0.2) is 0 Å². The number of hydrogen-bond acceptors (Lipinski definition) is 4. The van der Waals surface area contributed by atoms with E-state index in [1.165, 1.54) is 5.56 Å². The summed E-state index contributed by atoms with van der Waals surface area (Å²) in [4.78, 5) is 9.01. The van der Waals surface area contributed by atoms with E-state index in [4.69, 9.17) is 4.74 Å². The highest BCUT2D eigenvalue weighted by Gasteiger charge is 2.16. The Bertz CT molecular complexity index is 409. The predicted octanol–water partition coefficient (Wildman–Crippen LogP) is 1.51. The second kappa shape index (κ2) is 6.86. The van der Waals surface area contributed by atoms with Crippen molar-refractivity contribution in [3.63, 3.8) is 0 Å². The fourth-order valence-corrected chi connectivity index (χ4v) is 2.23. The van der Waals surface area contributed by atoms with Gasteiger partial charge >= 0.3 is 0 Å². The molecular formula is C13H19F2N3O. The van der Waals surface area contributed by atoms with E-state index in [1.54, 1.807) is 0 Å². The van der Waals surface area contributed by atoms with Gasteiger partial charge < -0.3 is 10.1 Å². The molecule has 106 valence electrons. The van der Waals surface area contributed by atoms with Crippen LogP contribution in [-0.2, 0) is 30.5 Å². The van der Waals surface area contributed by atoms with Gasteiger partial charge in [0.1, 0.15) is 12.4 Å². The first-order valence-electron chi connectivity index (χ1n) is 6.64. The maximum atomic E-state index is 11.9. The highest BCUT2D eigenvalue weighted by molar-refractivity contribution is 5.28. The van der Waals surface area contributed by atoms with Crippen molar-refractivity contribution in [3.8, 4) is 0 Å². The predicted molar refractivity (Wildman–Crippen MR) is 67.3 cm³/mol. The first-order chi connectivity index (χ1) is 9.20. The number of aromatic nitrogens is 2. The number of aryl methyl sites for hydroxylation is 1. The van der Waals surface area contributed by atoms with Gasteiger partial charge in [-0.15, -0.1) is 0 Å². The first kappa shape index (κ1) is 14.3. The molecule has 6 heteroatoms. The van der Waals surface area contributed by atoms with E-state index in [-0.39, 0.29) is 6.61 Å². The van der Waals surface area contributed by atoms with Crippen molar-refractivity contribution in [2.75, 3.05) is 19.8 Å². The number of rotatable bonds is 6. The van der Waals surface area contributed by atoms with Crippen LogP contribution in [0.15, 0.2) is 0 Å². The number of halogens is 2. The van der Waals surface area contributed by atoms with Crippen LogP contribution in [0.25, 0.3) is 0 Å². The standard InChI is InChI=1S/C13H19F2N3O/c1-2-10-9-3-5-16-7-11(9)18-13(17-10)4-6-19-8-12(14)15/h12,16H,2-8H2,1H3. The molecule has 0 fully saturated rings. The van der Waals surface area contributed by atoms with Crippen molar-refractivity contribution < 1.29 is 13.5 Å². The molecule has 0 aliphatic carbocycles. The molecule has 0 bridgehead atoms. The molecular weight excluding hydrogens is 252 g/mol. The van der Waals surface area contributed by atoms with E-state index in [0.29, 0.717) is 12.2 Å². The Morgan fingerprint density at radius 3 is 2.95 bits per heavy atom. The fraction of sp³-hybridized carbons (Fsp3) is 0.692. The highest BCUT2D eigenvalue weighted by atomic mass is 19.3. The topological polar surface area (TPSA) is 47.0 Å². The van der Waals surface area contributed by atoms with Gasteiger partial charge in [0.05, 0.1) is 12.3 Å². The quantitative estimate of drug-likeness (QED) is 0.797. The third kappa shape index (κ3) is 3.91. The van der Waals surface area contributed by atoms with Crippen LogP contribution < -0.4 is 5.32 Å². The summed E-state index contributed by atoms with van der Waals surface area (Å²) >= 11 is 0. The average Bonchev–Trinajstić information content (AvgIpc) is 2.42. The van der Waals surface area contributed by atoms with Crippen LogP contribution >= 0.6 is 0 Å². The molecule has 0 spiro atoms. The summed E-state index contributed by atoms with van der Waals surface area (Å²) in [6, 6.07) is 0. The zero-order chi connectivity index (χ0) is 13.7. The Hall–Kier alpha value is -1.14. The number of nitrogens with zero attached hydrogens (tertiary/aromatic N) is 2. The normalized spacial score (nSPS) is 14.7. The van der Waals surface area contributed by atoms with Crippen molar-refractivity contribution >= 4 is 0 Å². The first-order valence-corrected chi connectivity index (χ1v) is 6.64. The second-order valence-corrected chi connectivity index (χ2v) is 4.51. The molecule has 0 unspecified atom stereocenters. The monoisotopic (exact) mass is 271 g/mol. The molecule has 0 atom stereocenters. The molecule has 1 aliphatic rings. The van der Waals surface area contributed by atoms with Crippen molar-refractivity contribution in [1.29, 1.82) is 0 Å². The maximum absolute atomic E-state index is 11.9. The molecule has 19 heavy (non-hydrogen) atoms. The molecule has 4 nitrogen and oxygen atoms in total. The van der Waals surface area contributed by atoms with Crippen molar-refractivity contribution in [2.45, 2.75) is 39.2 Å². The fourth-order valence-electron chi connectivity index (χ4n) is 2.23. The van der Waals surface area contributed by atoms with Gasteiger partial charge in [-0.1, -0.05) is 6.92 Å². The molecule has 1 aliphatic heterocycles. The minimum atomic E-state index is -2.42. The van der Waals surface area contributed by atoms with Gasteiger partial charge in [-0.05, 0) is 24.9 Å². The minimum Gasteiger partial charge on any atom is -0.375 e. The van der Waals surface area contributed by atoms with Gasteiger partial charge in [0, 0.05) is 18.7 Å². The summed E-state index contributed by atoms with van der Waals surface area (Å²) in [5.41, 5.74) is 3.37. The SMILES string of the molecule is CCc1nc(CCOCC(F)F)nc2c1CCNC2. The summed E-state index contributed by atoms with van der Waals surface area (Å²) in [6.45, 7) is 3.50. The lowest BCUT2D eigenvalue weighted by molar-refractivity contribution is 0.0182. The number of alkyl halides is 2. The van der Waals surface area contributed by atoms with Crippen LogP contribution in [0, 0.1) is 0 Å². The van der Waals surface area contributed by atoms with Gasteiger partial charge in [-0.2, -0.15) is 0 Å². The van der Waals surface area contributed by atoms with E-state index < -0.39 is 13.0 Å². The molecule has 0 saturated heterocycles. The lowest BCUT2D eigenvalue weighted by Gasteiger charge is -2.19. The summed E-state index contributed by atoms with van der Waals surface area (Å²) < 4.78 is 28.8. The number of hydrogen-bond donors (Lipinski definition) is 1. The van der Waals surface area contributed by atoms with Crippen molar-refractivity contribution in [2.24, 2.45) is 0 Å². The molecule has 1 aromatic rings. The zero-order valence-corrected chi connectivity index (χ0v) is 11.1. The molecule has 0 saturated carbocycles. The van der Waals surface area contributed by atoms with Crippen LogP contribution in [0.5, 0.6) is 0 Å². The zero-order valence-electron chi connectivity index (χ0n) is 11.1. The summed E-state index contributed by atoms with van der Waals surface area (Å²) in [5, 5.41) is 3.28. The van der Waals surface area contributed by atoms with Gasteiger partial charge in [-0.25, -0.2) is 18.7 Å². The van der Waals surface area contributed by atoms with E-state index >= 15 is 0 Å². The molecule has 0 radical (unpaired) electrons. The van der Waals surface area contributed by atoms with E-state index in [1.807, 2.05) is 0 Å². The maximum Gasteiger partial charge on any atom is 0.261 e. The third-order valence-electron chi connectivity index (χ3n) is 3.12. The Labute approximate surface area is 111 Å². The van der Waals surface area contributed by atoms with Crippen LogP contribution in [0.4, 0.5) is 8.78 Å². The van der Waals surface area contributed by atoms with Gasteiger partial charge in [0.2, 0.25) is 0 Å². The molecule has 1 N–H and O–H groups in total. The van der Waals surface area contributed by atoms with Crippen molar-refractivity contribution in [1.82, 2.24) is 15.3 Å². The number of ether oxygens (including phenoxy) is 1. The Morgan fingerprint density at radius 1 is 1.37 bits per heavy atom. The largest absolute Gasteiger partial charge is 0.375 e. The summed E-state index contributed by atoms with van der Waals surface area (Å²) in [5.74, 6) is 0.688. The summed E-state index contributed by atoms with van der Waals surface area (Å²) in [6.07, 6.45) is -0.108. The van der Waals surface area contributed by atoms with Crippen molar-refractivity contribution in [3.05, 3.63) is 22.8 Å². The van der Waals surface area contributed by atoms with E-state index in [2.05, 4.69) is 22.2 Å². The Balaban J connectivity index is 2.01. The second-order valence-electron chi connectivity index (χ2n) is 4.51. The van der Waals surface area contributed by atoms with E-state index in [0.717, 1.165) is 37.3 Å². The summed E-state index contributed by atoms with van der Waals surface area (Å²) in [7, 11) is 0. The molecule has 0 amide bonds. The minimum absolute atomic E-state index is 0.236. The lowest BCUT2D eigenvalue weighted by Crippen LogP contribution is -2.27. The van der Waals surface area contributed by atoms with E-state index in [9.17, 15) is 8.78 Å². The Kier molecular flexibility index (Phi) is 5.15. The van der Waals surface area contributed by atoms with Crippen LogP contribution in [0.1, 0.15) is 29.7 Å². The van der Waals surface area contributed by atoms with Crippen LogP contribution in [-0.4, -0.2) is 36.2 Å². The molecule has 0 aromatic carbocycles. The highest BCUT2D eigenvalue weighted by Crippen LogP contribution is 2.16.